The van der Waals surface area contributed by atoms with Crippen molar-refractivity contribution in [2.75, 3.05) is 0 Å². The van der Waals surface area contributed by atoms with Crippen molar-refractivity contribution >= 4 is 134 Å². The molecule has 0 aliphatic heterocycles. The Morgan fingerprint density at radius 3 is 1.07 bits per heavy atom. The molecule has 14 aromatic carbocycles. The predicted octanol–water partition coefficient (Wildman–Crippen LogP) is 21.0. The number of benzene rings is 14. The number of rotatable bonds is 12. The van der Waals surface area contributed by atoms with Crippen LogP contribution in [0.5, 0.6) is 0 Å². The first-order valence-corrected chi connectivity index (χ1v) is 36.4. The summed E-state index contributed by atoms with van der Waals surface area (Å²) in [7, 11) is -6.93. The van der Waals surface area contributed by atoms with Crippen LogP contribution in [0.25, 0.3) is 144 Å². The molecule has 0 bridgehead atoms. The molecule has 0 aliphatic rings. The zero-order valence-corrected chi connectivity index (χ0v) is 54.6. The van der Waals surface area contributed by atoms with E-state index in [9.17, 15) is 0 Å². The minimum atomic E-state index is -3.47. The lowest BCUT2D eigenvalue weighted by atomic mass is 9.92. The minimum absolute atomic E-state index is 0.687. The van der Waals surface area contributed by atoms with Gasteiger partial charge in [-0.2, -0.15) is 0 Å². The van der Waals surface area contributed by atoms with E-state index in [-0.39, 0.29) is 0 Å². The van der Waals surface area contributed by atoms with Gasteiger partial charge in [0.15, 0.2) is 14.3 Å². The third-order valence-electron chi connectivity index (χ3n) is 19.7. The van der Waals surface area contributed by atoms with Crippen LogP contribution in [0.15, 0.2) is 355 Å². The number of nitrogens with zero attached hydrogens (tertiary/aromatic N) is 3. The average molecular weight is 1290 g/mol. The van der Waals surface area contributed by atoms with Gasteiger partial charge < -0.3 is 27.1 Å². The molecular weight excluding hydrogens is 1240 g/mol. The summed E-state index contributed by atoms with van der Waals surface area (Å²) < 4.78 is 50.9. The van der Waals surface area contributed by atoms with Crippen LogP contribution in [0.2, 0.25) is 0 Å². The molecule has 0 aliphatic carbocycles. The molecule has 0 radical (unpaired) electrons. The Bertz CT molecular complexity index is 5990. The number of furan rings is 2. The molecule has 19 rings (SSSR count). The molecule has 0 atom stereocenters. The van der Waals surface area contributed by atoms with Crippen LogP contribution in [0.1, 0.15) is 0 Å². The van der Waals surface area contributed by atoms with Gasteiger partial charge in [0.1, 0.15) is 22.3 Å². The van der Waals surface area contributed by atoms with E-state index in [0.717, 1.165) is 153 Å². The molecule has 5 heterocycles. The molecule has 0 N–H and O–H groups in total. The van der Waals surface area contributed by atoms with Crippen molar-refractivity contribution in [3.05, 3.63) is 346 Å². The molecule has 462 valence electrons. The average Bonchev–Trinajstić information content (AvgIpc) is 1.26. The van der Waals surface area contributed by atoms with Crippen molar-refractivity contribution in [1.82, 2.24) is 14.1 Å². The molecule has 0 unspecified atom stereocenters. The van der Waals surface area contributed by atoms with Crippen LogP contribution in [-0.4, -0.2) is 14.1 Å². The quantitative estimate of drug-likeness (QED) is 0.114. The van der Waals surface area contributed by atoms with Crippen LogP contribution in [0.3, 0.4) is 0 Å². The van der Waals surface area contributed by atoms with Crippen molar-refractivity contribution in [1.29, 1.82) is 0 Å². The number of fused-ring (bicyclic) bond motifs is 14. The summed E-state index contributed by atoms with van der Waals surface area (Å²) in [6, 6.07) is 118. The second kappa shape index (κ2) is 22.8. The van der Waals surface area contributed by atoms with Crippen LogP contribution in [0, 0.1) is 0 Å². The van der Waals surface area contributed by atoms with Crippen molar-refractivity contribution in [2.45, 2.75) is 0 Å². The maximum absolute atomic E-state index is 16.4. The van der Waals surface area contributed by atoms with Gasteiger partial charge in [-0.05, 0) is 102 Å². The lowest BCUT2D eigenvalue weighted by Gasteiger charge is -2.23. The van der Waals surface area contributed by atoms with Gasteiger partial charge >= 0.3 is 0 Å². The number of hydrogen-bond donors (Lipinski definition) is 0. The first kappa shape index (κ1) is 57.3. The highest BCUT2D eigenvalue weighted by molar-refractivity contribution is 7.85. The molecule has 0 spiro atoms. The van der Waals surface area contributed by atoms with Crippen molar-refractivity contribution < 1.29 is 18.0 Å². The first-order valence-electron chi connectivity index (χ1n) is 32.9. The highest BCUT2D eigenvalue weighted by Crippen LogP contribution is 2.49. The van der Waals surface area contributed by atoms with E-state index < -0.39 is 14.3 Å². The molecule has 19 aromatic rings. The van der Waals surface area contributed by atoms with Gasteiger partial charge in [-0.1, -0.05) is 255 Å². The highest BCUT2D eigenvalue weighted by Gasteiger charge is 2.33. The van der Waals surface area contributed by atoms with Gasteiger partial charge in [-0.3, -0.25) is 0 Å². The zero-order chi connectivity index (χ0) is 65.1. The van der Waals surface area contributed by atoms with E-state index in [1.807, 2.05) is 170 Å². The summed E-state index contributed by atoms with van der Waals surface area (Å²) >= 11 is 0. The highest BCUT2D eigenvalue weighted by atomic mass is 31.2. The molecule has 0 saturated carbocycles. The summed E-state index contributed by atoms with van der Waals surface area (Å²) in [4.78, 5) is 6.00. The second-order valence-corrected chi connectivity index (χ2v) is 30.6. The van der Waals surface area contributed by atoms with E-state index in [1.54, 1.807) is 0 Å². The molecule has 0 fully saturated rings. The Labute approximate surface area is 564 Å². The predicted molar refractivity (Wildman–Crippen MR) is 408 cm³/mol. The monoisotopic (exact) mass is 1290 g/mol. The smallest absolute Gasteiger partial charge is 0.171 e. The molecular formula is C89H57N3O4P2. The standard InChI is InChI=1S/C89H57N3O4P2/c93-97(64-25-5-1-6-26-64,65-27-7-2-8-28-65)68-33-21-23-60(55-68)77-57-76(58-43-47-62(48-44-58)91-78-39-17-13-37-74(78)84-80(91)53-51-72-70-35-15-19-41-82(70)95-88(72)84)87(61-24-22-34-69(56-61)98(94,66-29-9-3-10-30-66)67-31-11-4-12-32-67)90-86(77)59-45-49-63(50-46-59)92-79-40-18-14-38-75(79)85-81(92)54-52-73-71-36-16-20-42-83(71)96-89(73)85/h1-57H. The largest absolute Gasteiger partial charge is 0.455 e. The molecule has 98 heavy (non-hydrogen) atoms. The van der Waals surface area contributed by atoms with Crippen LogP contribution in [-0.2, 0) is 9.13 Å². The van der Waals surface area contributed by atoms with E-state index in [2.05, 4.69) is 185 Å². The van der Waals surface area contributed by atoms with Gasteiger partial charge in [0.2, 0.25) is 0 Å². The maximum Gasteiger partial charge on any atom is 0.171 e. The van der Waals surface area contributed by atoms with Crippen molar-refractivity contribution in [3.8, 4) is 56.1 Å². The Kier molecular flexibility index (Phi) is 13.3. The van der Waals surface area contributed by atoms with E-state index in [1.165, 1.54) is 0 Å². The van der Waals surface area contributed by atoms with Gasteiger partial charge in [-0.15, -0.1) is 0 Å². The Balaban J connectivity index is 0.848. The number of pyridine rings is 1. The second-order valence-electron chi connectivity index (χ2n) is 25.1. The van der Waals surface area contributed by atoms with E-state index in [4.69, 9.17) is 13.8 Å². The fraction of sp³-hybridized carbons (Fsp3) is 0. The maximum atomic E-state index is 16.4. The minimum Gasteiger partial charge on any atom is -0.455 e. The Hall–Kier alpha value is -12.1. The van der Waals surface area contributed by atoms with Gasteiger partial charge in [-0.25, -0.2) is 4.98 Å². The zero-order valence-electron chi connectivity index (χ0n) is 52.8. The topological polar surface area (TPSA) is 83.2 Å². The van der Waals surface area contributed by atoms with Gasteiger partial charge in [0.05, 0.1) is 44.2 Å². The third kappa shape index (κ3) is 8.94. The molecule has 0 saturated heterocycles. The number of aromatic nitrogens is 3. The third-order valence-corrected chi connectivity index (χ3v) is 25.8. The Morgan fingerprint density at radius 1 is 0.255 bits per heavy atom. The SMILES string of the molecule is O=P(c1ccccc1)(c1ccccc1)c1cccc(-c2cc(-c3ccc(-n4c5ccccc5c5c6oc7ccccc7c6ccc54)cc3)c(-c3cccc(P(=O)(c4ccccc4)c4ccccc4)c3)nc2-c2ccc(-n3c4ccccc4c4c5oc6ccccc6c5ccc43)cc2)c1. The first-order chi connectivity index (χ1) is 48.4. The van der Waals surface area contributed by atoms with Crippen LogP contribution >= 0.6 is 14.3 Å². The lowest BCUT2D eigenvalue weighted by molar-refractivity contribution is 0.591. The summed E-state index contributed by atoms with van der Waals surface area (Å²) in [5.74, 6) is 0. The fourth-order valence-corrected chi connectivity index (χ4v) is 20.5. The fourth-order valence-electron chi connectivity index (χ4n) is 15.1. The number of para-hydroxylation sites is 4. The van der Waals surface area contributed by atoms with Gasteiger partial charge in [0, 0.05) is 97.8 Å². The molecule has 7 nitrogen and oxygen atoms in total. The summed E-state index contributed by atoms with van der Waals surface area (Å²) in [6.07, 6.45) is 0. The number of hydrogen-bond acceptors (Lipinski definition) is 5. The summed E-state index contributed by atoms with van der Waals surface area (Å²) in [5, 5.41) is 13.0. The lowest BCUT2D eigenvalue weighted by Crippen LogP contribution is -2.25. The summed E-state index contributed by atoms with van der Waals surface area (Å²) in [5.41, 5.74) is 16.1. The van der Waals surface area contributed by atoms with Crippen LogP contribution < -0.4 is 31.8 Å². The van der Waals surface area contributed by atoms with Gasteiger partial charge in [0.25, 0.3) is 0 Å². The Morgan fingerprint density at radius 2 is 0.612 bits per heavy atom. The van der Waals surface area contributed by atoms with Crippen molar-refractivity contribution in [3.63, 3.8) is 0 Å². The molecule has 9 heteroatoms. The molecule has 5 aromatic heterocycles. The van der Waals surface area contributed by atoms with E-state index in [0.29, 0.717) is 22.0 Å². The van der Waals surface area contributed by atoms with E-state index >= 15 is 9.13 Å². The van der Waals surface area contributed by atoms with Crippen molar-refractivity contribution in [2.24, 2.45) is 0 Å². The normalized spacial score (nSPS) is 12.2. The summed E-state index contributed by atoms with van der Waals surface area (Å²) in [6.45, 7) is 0. The molecule has 0 amide bonds. The van der Waals surface area contributed by atoms with Crippen LogP contribution in [0.4, 0.5) is 0 Å².